The van der Waals surface area contributed by atoms with E-state index < -0.39 is 5.82 Å². The Labute approximate surface area is 160 Å². The van der Waals surface area contributed by atoms with E-state index in [1.165, 1.54) is 18.5 Å². The summed E-state index contributed by atoms with van der Waals surface area (Å²) >= 11 is 5.86. The number of ether oxygens (including phenoxy) is 2. The van der Waals surface area contributed by atoms with Crippen LogP contribution >= 0.6 is 11.6 Å². The van der Waals surface area contributed by atoms with Gasteiger partial charge in [0.25, 0.3) is 0 Å². The maximum Gasteiger partial charge on any atom is 0.158 e. The summed E-state index contributed by atoms with van der Waals surface area (Å²) in [5.41, 5.74) is 2.37. The lowest BCUT2D eigenvalue weighted by Gasteiger charge is -2.23. The van der Waals surface area contributed by atoms with Crippen molar-refractivity contribution in [1.29, 1.82) is 0 Å². The van der Waals surface area contributed by atoms with Gasteiger partial charge in [-0.1, -0.05) is 11.6 Å². The Hall–Kier alpha value is -2.26. The van der Waals surface area contributed by atoms with Crippen molar-refractivity contribution in [3.8, 4) is 0 Å². The van der Waals surface area contributed by atoms with Crippen molar-refractivity contribution in [2.45, 2.75) is 12.7 Å². The molecule has 0 aliphatic carbocycles. The summed E-state index contributed by atoms with van der Waals surface area (Å²) in [5, 5.41) is 10.7. The molecule has 0 amide bonds. The standard InChI is InChI=1S/C18H19ClFN5O2/c19-15-7-13(1-2-16(15)20)24-18-17-12(3-5-25(17)23-11-22-18)9-26-10-14-8-21-4-6-27-14/h1-3,5,7,11,14,21H,4,6,8-10H2,(H,22,23,24). The van der Waals surface area contributed by atoms with Crippen LogP contribution in [0.3, 0.4) is 0 Å². The third kappa shape index (κ3) is 4.19. The number of hydrogen-bond acceptors (Lipinski definition) is 6. The molecular weight excluding hydrogens is 373 g/mol. The van der Waals surface area contributed by atoms with Crippen LogP contribution in [0.4, 0.5) is 15.9 Å². The average molecular weight is 392 g/mol. The molecule has 0 saturated carbocycles. The van der Waals surface area contributed by atoms with E-state index in [4.69, 9.17) is 21.1 Å². The minimum absolute atomic E-state index is 0.0464. The summed E-state index contributed by atoms with van der Waals surface area (Å²) in [6.45, 7) is 3.28. The first-order chi connectivity index (χ1) is 13.2. The smallest absolute Gasteiger partial charge is 0.158 e. The number of anilines is 2. The lowest BCUT2D eigenvalue weighted by atomic mass is 10.2. The molecule has 4 rings (SSSR count). The number of halogens is 2. The normalized spacial score (nSPS) is 17.3. The number of morpholine rings is 1. The SMILES string of the molecule is Fc1ccc(Nc2ncnn3ccc(COCC4CNCCO4)c23)cc1Cl. The number of nitrogens with zero attached hydrogens (tertiary/aromatic N) is 3. The Bertz CT molecular complexity index is 929. The number of nitrogens with one attached hydrogen (secondary N) is 2. The zero-order chi connectivity index (χ0) is 18.6. The number of benzene rings is 1. The fourth-order valence-corrected chi connectivity index (χ4v) is 3.14. The van der Waals surface area contributed by atoms with Gasteiger partial charge in [0.15, 0.2) is 5.82 Å². The predicted octanol–water partition coefficient (Wildman–Crippen LogP) is 2.77. The number of hydrogen-bond donors (Lipinski definition) is 2. The van der Waals surface area contributed by atoms with E-state index in [-0.39, 0.29) is 11.1 Å². The summed E-state index contributed by atoms with van der Waals surface area (Å²) in [6.07, 6.45) is 3.35. The monoisotopic (exact) mass is 391 g/mol. The Morgan fingerprint density at radius 2 is 2.33 bits per heavy atom. The van der Waals surface area contributed by atoms with Crippen molar-refractivity contribution < 1.29 is 13.9 Å². The van der Waals surface area contributed by atoms with Crippen molar-refractivity contribution >= 4 is 28.6 Å². The van der Waals surface area contributed by atoms with E-state index in [1.54, 1.807) is 10.6 Å². The molecule has 27 heavy (non-hydrogen) atoms. The molecule has 1 fully saturated rings. The topological polar surface area (TPSA) is 72.7 Å². The molecule has 2 aromatic heterocycles. The molecule has 1 aliphatic rings. The minimum atomic E-state index is -0.466. The summed E-state index contributed by atoms with van der Waals surface area (Å²) < 4.78 is 26.6. The van der Waals surface area contributed by atoms with Crippen molar-refractivity contribution in [1.82, 2.24) is 19.9 Å². The van der Waals surface area contributed by atoms with Crippen LogP contribution in [-0.4, -0.2) is 47.0 Å². The fourth-order valence-electron chi connectivity index (χ4n) is 2.96. The quantitative estimate of drug-likeness (QED) is 0.673. The predicted molar refractivity (Wildman–Crippen MR) is 99.9 cm³/mol. The minimum Gasteiger partial charge on any atom is -0.374 e. The molecule has 0 spiro atoms. The molecular formula is C18H19ClFN5O2. The molecule has 3 heterocycles. The summed E-state index contributed by atoms with van der Waals surface area (Å²) in [7, 11) is 0. The Morgan fingerprint density at radius 1 is 1.41 bits per heavy atom. The van der Waals surface area contributed by atoms with Gasteiger partial charge in [-0.2, -0.15) is 5.10 Å². The second-order valence-electron chi connectivity index (χ2n) is 6.21. The lowest BCUT2D eigenvalue weighted by Crippen LogP contribution is -2.40. The third-order valence-electron chi connectivity index (χ3n) is 4.29. The van der Waals surface area contributed by atoms with Gasteiger partial charge in [0, 0.05) is 30.5 Å². The lowest BCUT2D eigenvalue weighted by molar-refractivity contribution is -0.0355. The van der Waals surface area contributed by atoms with Crippen molar-refractivity contribution in [3.05, 3.63) is 53.2 Å². The average Bonchev–Trinajstić information content (AvgIpc) is 3.10. The molecule has 3 aromatic rings. The molecule has 0 radical (unpaired) electrons. The van der Waals surface area contributed by atoms with E-state index in [1.807, 2.05) is 12.3 Å². The van der Waals surface area contributed by atoms with Crippen LogP contribution in [0.25, 0.3) is 5.52 Å². The Balaban J connectivity index is 1.51. The van der Waals surface area contributed by atoms with E-state index in [2.05, 4.69) is 20.7 Å². The number of fused-ring (bicyclic) bond motifs is 1. The zero-order valence-corrected chi connectivity index (χ0v) is 15.2. The van der Waals surface area contributed by atoms with E-state index >= 15 is 0 Å². The van der Waals surface area contributed by atoms with Crippen LogP contribution in [0.1, 0.15) is 5.56 Å². The molecule has 1 aromatic carbocycles. The first-order valence-corrected chi connectivity index (χ1v) is 9.02. The molecule has 1 unspecified atom stereocenters. The highest BCUT2D eigenvalue weighted by Crippen LogP contribution is 2.26. The zero-order valence-electron chi connectivity index (χ0n) is 14.5. The second kappa shape index (κ2) is 8.18. The van der Waals surface area contributed by atoms with Crippen molar-refractivity contribution in [2.75, 3.05) is 31.6 Å². The van der Waals surface area contributed by atoms with Gasteiger partial charge in [0.05, 0.1) is 30.9 Å². The van der Waals surface area contributed by atoms with Gasteiger partial charge < -0.3 is 20.1 Å². The van der Waals surface area contributed by atoms with Gasteiger partial charge in [0.2, 0.25) is 0 Å². The van der Waals surface area contributed by atoms with Gasteiger partial charge in [-0.05, 0) is 24.3 Å². The highest BCUT2D eigenvalue weighted by molar-refractivity contribution is 6.31. The van der Waals surface area contributed by atoms with Gasteiger partial charge in [-0.15, -0.1) is 0 Å². The maximum absolute atomic E-state index is 13.4. The second-order valence-corrected chi connectivity index (χ2v) is 6.62. The van der Waals surface area contributed by atoms with Crippen LogP contribution in [-0.2, 0) is 16.1 Å². The highest BCUT2D eigenvalue weighted by Gasteiger charge is 2.15. The van der Waals surface area contributed by atoms with E-state index in [0.29, 0.717) is 31.3 Å². The van der Waals surface area contributed by atoms with Crippen LogP contribution in [0.2, 0.25) is 5.02 Å². The molecule has 7 nitrogen and oxygen atoms in total. The highest BCUT2D eigenvalue weighted by atomic mass is 35.5. The molecule has 142 valence electrons. The molecule has 1 aliphatic heterocycles. The molecule has 1 saturated heterocycles. The third-order valence-corrected chi connectivity index (χ3v) is 4.58. The summed E-state index contributed by atoms with van der Waals surface area (Å²) in [5.74, 6) is 0.123. The van der Waals surface area contributed by atoms with Crippen molar-refractivity contribution in [2.24, 2.45) is 0 Å². The van der Waals surface area contributed by atoms with Crippen LogP contribution < -0.4 is 10.6 Å². The van der Waals surface area contributed by atoms with Gasteiger partial charge in [0.1, 0.15) is 17.7 Å². The first kappa shape index (κ1) is 18.1. The van der Waals surface area contributed by atoms with Crippen LogP contribution in [0.15, 0.2) is 36.8 Å². The van der Waals surface area contributed by atoms with E-state index in [9.17, 15) is 4.39 Å². The van der Waals surface area contributed by atoms with Gasteiger partial charge in [-0.25, -0.2) is 13.9 Å². The first-order valence-electron chi connectivity index (χ1n) is 8.64. The molecule has 1 atom stereocenters. The van der Waals surface area contributed by atoms with E-state index in [0.717, 1.165) is 24.2 Å². The number of aromatic nitrogens is 3. The Kier molecular flexibility index (Phi) is 5.49. The summed E-state index contributed by atoms with van der Waals surface area (Å²) in [4.78, 5) is 4.31. The maximum atomic E-state index is 13.4. The van der Waals surface area contributed by atoms with Crippen LogP contribution in [0, 0.1) is 5.82 Å². The fraction of sp³-hybridized carbons (Fsp3) is 0.333. The van der Waals surface area contributed by atoms with Gasteiger partial charge in [-0.3, -0.25) is 0 Å². The van der Waals surface area contributed by atoms with Crippen LogP contribution in [0.5, 0.6) is 0 Å². The molecule has 0 bridgehead atoms. The number of rotatable bonds is 6. The molecule has 9 heteroatoms. The largest absolute Gasteiger partial charge is 0.374 e. The molecule has 2 N–H and O–H groups in total. The summed E-state index contributed by atoms with van der Waals surface area (Å²) in [6, 6.07) is 6.37. The van der Waals surface area contributed by atoms with Gasteiger partial charge >= 0.3 is 0 Å². The Morgan fingerprint density at radius 3 is 3.15 bits per heavy atom. The van der Waals surface area contributed by atoms with Crippen molar-refractivity contribution in [3.63, 3.8) is 0 Å².